The van der Waals surface area contributed by atoms with Crippen LogP contribution in [0.1, 0.15) is 11.1 Å². The van der Waals surface area contributed by atoms with Crippen molar-refractivity contribution in [1.82, 2.24) is 19.9 Å². The average molecular weight is 267 g/mol. The largest absolute Gasteiger partial charge is 0.240 e. The van der Waals surface area contributed by atoms with Gasteiger partial charge >= 0.3 is 0 Å². The van der Waals surface area contributed by atoms with E-state index in [4.69, 9.17) is 4.98 Å². The number of aromatic nitrogens is 4. The maximum absolute atomic E-state index is 4.74. The highest BCUT2D eigenvalue weighted by Gasteiger charge is 2.15. The molecule has 5 nitrogen and oxygen atoms in total. The number of hydrogen-bond donors (Lipinski definition) is 0. The van der Waals surface area contributed by atoms with E-state index in [9.17, 15) is 0 Å². The number of para-hydroxylation sites is 1. The van der Waals surface area contributed by atoms with Gasteiger partial charge in [-0.15, -0.1) is 10.2 Å². The second-order valence-corrected chi connectivity index (χ2v) is 5.29. The molecule has 1 aliphatic rings. The van der Waals surface area contributed by atoms with Crippen molar-refractivity contribution < 1.29 is 0 Å². The van der Waals surface area contributed by atoms with Gasteiger partial charge in [0.1, 0.15) is 11.4 Å². The van der Waals surface area contributed by atoms with Gasteiger partial charge in [0.2, 0.25) is 5.16 Å². The summed E-state index contributed by atoms with van der Waals surface area (Å²) in [5.41, 5.74) is 3.20. The molecule has 0 fully saturated rings. The Bertz CT molecular complexity index is 821. The minimum absolute atomic E-state index is 0.732. The standard InChI is InChI=1S/C13H9N5S/c1-8-3-2-4-9-5-10-6-15-18-7-14-17-13(18)19-12(10)16-11(8)9/h2-7H,1H3. The number of pyridine rings is 1. The van der Waals surface area contributed by atoms with E-state index < -0.39 is 0 Å². The molecule has 19 heavy (non-hydrogen) atoms. The quantitative estimate of drug-likeness (QED) is 0.491. The van der Waals surface area contributed by atoms with Crippen molar-refractivity contribution in [2.45, 2.75) is 17.1 Å². The van der Waals surface area contributed by atoms with Crippen LogP contribution in [-0.2, 0) is 0 Å². The van der Waals surface area contributed by atoms with Gasteiger partial charge in [0.25, 0.3) is 0 Å². The van der Waals surface area contributed by atoms with Crippen molar-refractivity contribution in [3.8, 4) is 0 Å². The van der Waals surface area contributed by atoms with Crippen LogP contribution in [0.3, 0.4) is 0 Å². The molecule has 2 aromatic heterocycles. The van der Waals surface area contributed by atoms with Crippen molar-refractivity contribution in [3.05, 3.63) is 41.7 Å². The predicted molar refractivity (Wildman–Crippen MR) is 73.6 cm³/mol. The van der Waals surface area contributed by atoms with Crippen LogP contribution < -0.4 is 0 Å². The Balaban J connectivity index is 2.00. The zero-order valence-corrected chi connectivity index (χ0v) is 10.9. The number of rotatable bonds is 0. The van der Waals surface area contributed by atoms with Gasteiger partial charge in [-0.3, -0.25) is 0 Å². The van der Waals surface area contributed by atoms with Gasteiger partial charge < -0.3 is 0 Å². The SMILES string of the molecule is Cc1cccc2cc3c(nc12)Sc1nncn1N=C3. The molecule has 4 rings (SSSR count). The van der Waals surface area contributed by atoms with Crippen LogP contribution in [0, 0.1) is 6.92 Å². The average Bonchev–Trinajstić information content (AvgIpc) is 2.78. The number of fused-ring (bicyclic) bond motifs is 3. The van der Waals surface area contributed by atoms with E-state index in [1.54, 1.807) is 17.2 Å². The molecule has 0 spiro atoms. The van der Waals surface area contributed by atoms with Crippen LogP contribution in [0.4, 0.5) is 0 Å². The summed E-state index contributed by atoms with van der Waals surface area (Å²) in [7, 11) is 0. The molecule has 0 N–H and O–H groups in total. The van der Waals surface area contributed by atoms with Crippen molar-refractivity contribution in [2.75, 3.05) is 0 Å². The fourth-order valence-electron chi connectivity index (χ4n) is 2.10. The van der Waals surface area contributed by atoms with Gasteiger partial charge in [0.15, 0.2) is 0 Å². The first-order valence-corrected chi connectivity index (χ1v) is 6.65. The molecule has 0 atom stereocenters. The predicted octanol–water partition coefficient (Wildman–Crippen LogP) is 2.48. The molecule has 1 aliphatic heterocycles. The van der Waals surface area contributed by atoms with Crippen LogP contribution in [0.5, 0.6) is 0 Å². The van der Waals surface area contributed by atoms with Crippen molar-refractivity contribution in [2.24, 2.45) is 5.10 Å². The fourth-order valence-corrected chi connectivity index (χ4v) is 2.91. The summed E-state index contributed by atoms with van der Waals surface area (Å²) in [4.78, 5) is 4.74. The van der Waals surface area contributed by atoms with Gasteiger partial charge in [0, 0.05) is 10.9 Å². The lowest BCUT2D eigenvalue weighted by Crippen LogP contribution is -1.92. The third-order valence-electron chi connectivity index (χ3n) is 3.05. The molecule has 3 aromatic rings. The van der Waals surface area contributed by atoms with Crippen LogP contribution >= 0.6 is 11.8 Å². The first-order chi connectivity index (χ1) is 9.31. The van der Waals surface area contributed by atoms with Gasteiger partial charge in [-0.05, 0) is 30.3 Å². The summed E-state index contributed by atoms with van der Waals surface area (Å²) in [5, 5.41) is 15.0. The van der Waals surface area contributed by atoms with Crippen LogP contribution in [0.2, 0.25) is 0 Å². The molecule has 0 radical (unpaired) electrons. The normalized spacial score (nSPS) is 13.1. The maximum Gasteiger partial charge on any atom is 0.218 e. The molecular weight excluding hydrogens is 258 g/mol. The third-order valence-corrected chi connectivity index (χ3v) is 4.02. The molecule has 0 saturated carbocycles. The van der Waals surface area contributed by atoms with Crippen molar-refractivity contribution >= 4 is 28.9 Å². The molecule has 0 amide bonds. The molecule has 6 heteroatoms. The topological polar surface area (TPSA) is 56.0 Å². The van der Waals surface area contributed by atoms with E-state index >= 15 is 0 Å². The molecule has 92 valence electrons. The van der Waals surface area contributed by atoms with E-state index in [-0.39, 0.29) is 0 Å². The Hall–Kier alpha value is -2.21. The highest BCUT2D eigenvalue weighted by atomic mass is 32.2. The maximum atomic E-state index is 4.74. The van der Waals surface area contributed by atoms with Gasteiger partial charge in [-0.1, -0.05) is 18.2 Å². The van der Waals surface area contributed by atoms with Crippen LogP contribution in [0.15, 0.2) is 45.9 Å². The monoisotopic (exact) mass is 267 g/mol. The van der Waals surface area contributed by atoms with Crippen LogP contribution in [-0.4, -0.2) is 26.1 Å². The van der Waals surface area contributed by atoms with Crippen molar-refractivity contribution in [1.29, 1.82) is 0 Å². The second-order valence-electron chi connectivity index (χ2n) is 4.33. The molecule has 0 saturated heterocycles. The first-order valence-electron chi connectivity index (χ1n) is 5.84. The number of aryl methyl sites for hydroxylation is 1. The van der Waals surface area contributed by atoms with Crippen molar-refractivity contribution in [3.63, 3.8) is 0 Å². The second kappa shape index (κ2) is 3.89. The Labute approximate surface area is 113 Å². The van der Waals surface area contributed by atoms with Gasteiger partial charge in [-0.25, -0.2) is 4.98 Å². The van der Waals surface area contributed by atoms with Gasteiger partial charge in [-0.2, -0.15) is 9.78 Å². The molecule has 3 heterocycles. The number of nitrogens with zero attached hydrogens (tertiary/aromatic N) is 5. The highest BCUT2D eigenvalue weighted by Crippen LogP contribution is 2.31. The molecule has 0 aliphatic carbocycles. The summed E-state index contributed by atoms with van der Waals surface area (Å²) < 4.78 is 1.66. The lowest BCUT2D eigenvalue weighted by molar-refractivity contribution is 0.769. The Morgan fingerprint density at radius 2 is 2.21 bits per heavy atom. The minimum atomic E-state index is 0.732. The number of benzene rings is 1. The Morgan fingerprint density at radius 3 is 3.16 bits per heavy atom. The van der Waals surface area contributed by atoms with Crippen LogP contribution in [0.25, 0.3) is 10.9 Å². The summed E-state index contributed by atoms with van der Waals surface area (Å²) in [6, 6.07) is 8.29. The molecule has 0 unspecified atom stereocenters. The zero-order chi connectivity index (χ0) is 12.8. The molecule has 1 aromatic carbocycles. The lowest BCUT2D eigenvalue weighted by atomic mass is 10.1. The lowest BCUT2D eigenvalue weighted by Gasteiger charge is -2.05. The Morgan fingerprint density at radius 1 is 1.26 bits per heavy atom. The fraction of sp³-hybridized carbons (Fsp3) is 0.0769. The summed E-state index contributed by atoms with van der Waals surface area (Å²) in [6.45, 7) is 2.07. The van der Waals surface area contributed by atoms with Gasteiger partial charge in [0.05, 0.1) is 11.7 Å². The van der Waals surface area contributed by atoms with E-state index in [0.29, 0.717) is 0 Å². The Kier molecular flexibility index (Phi) is 2.19. The first kappa shape index (κ1) is 10.7. The summed E-state index contributed by atoms with van der Waals surface area (Å²) in [5.74, 6) is 0. The minimum Gasteiger partial charge on any atom is -0.240 e. The third kappa shape index (κ3) is 1.64. The van der Waals surface area contributed by atoms with E-state index in [1.165, 1.54) is 17.3 Å². The summed E-state index contributed by atoms with van der Waals surface area (Å²) >= 11 is 1.49. The van der Waals surface area contributed by atoms with E-state index in [0.717, 1.165) is 26.6 Å². The highest BCUT2D eigenvalue weighted by molar-refractivity contribution is 7.99. The van der Waals surface area contributed by atoms with E-state index in [2.05, 4.69) is 40.4 Å². The summed E-state index contributed by atoms with van der Waals surface area (Å²) in [6.07, 6.45) is 3.40. The number of hydrogen-bond acceptors (Lipinski definition) is 5. The zero-order valence-electron chi connectivity index (χ0n) is 10.1. The smallest absolute Gasteiger partial charge is 0.218 e. The molecular formula is C13H9N5S. The van der Waals surface area contributed by atoms with E-state index in [1.807, 2.05) is 6.07 Å². The molecule has 0 bridgehead atoms.